The third-order valence-electron chi connectivity index (χ3n) is 5.17. The van der Waals surface area contributed by atoms with Gasteiger partial charge in [0.05, 0.1) is 11.4 Å². The second kappa shape index (κ2) is 8.06. The Hall–Kier alpha value is -4.34. The summed E-state index contributed by atoms with van der Waals surface area (Å²) in [6.45, 7) is -0.428. The lowest BCUT2D eigenvalue weighted by Gasteiger charge is -2.31. The fourth-order valence-corrected chi connectivity index (χ4v) is 3.59. The smallest absolute Gasteiger partial charge is 0.274 e. The van der Waals surface area contributed by atoms with Crippen molar-refractivity contribution in [3.63, 3.8) is 0 Å². The molecule has 5 rings (SSSR count). The quantitative estimate of drug-likeness (QED) is 0.676. The number of rotatable bonds is 4. The first kappa shape index (κ1) is 19.6. The van der Waals surface area contributed by atoms with Crippen LogP contribution in [0.25, 0.3) is 11.4 Å². The van der Waals surface area contributed by atoms with E-state index >= 15 is 0 Å². The SMILES string of the molecule is O=C1CN(C(=O)CN2N=C(c3nc(-c4ccccc4)no3)CCC2=O)c2ccccc2N1. The van der Waals surface area contributed by atoms with Crippen molar-refractivity contribution in [1.29, 1.82) is 0 Å². The minimum absolute atomic E-state index is 0.126. The minimum Gasteiger partial charge on any atom is -0.332 e. The Balaban J connectivity index is 1.37. The zero-order chi connectivity index (χ0) is 22.1. The van der Waals surface area contributed by atoms with Gasteiger partial charge < -0.3 is 9.84 Å². The number of nitrogens with one attached hydrogen (secondary N) is 1. The highest BCUT2D eigenvalue weighted by Crippen LogP contribution is 2.29. The summed E-state index contributed by atoms with van der Waals surface area (Å²) < 4.78 is 5.35. The highest BCUT2D eigenvalue weighted by molar-refractivity contribution is 6.11. The number of anilines is 2. The van der Waals surface area contributed by atoms with Gasteiger partial charge in [-0.1, -0.05) is 47.6 Å². The molecule has 32 heavy (non-hydrogen) atoms. The highest BCUT2D eigenvalue weighted by atomic mass is 16.5. The molecule has 0 saturated carbocycles. The summed E-state index contributed by atoms with van der Waals surface area (Å²) in [6, 6.07) is 16.4. The number of aromatic nitrogens is 2. The molecular weight excluding hydrogens is 412 g/mol. The summed E-state index contributed by atoms with van der Waals surface area (Å²) in [5.41, 5.74) is 2.36. The number of hydrogen-bond acceptors (Lipinski definition) is 7. The van der Waals surface area contributed by atoms with Crippen molar-refractivity contribution in [3.8, 4) is 11.4 Å². The average Bonchev–Trinajstić information content (AvgIpc) is 3.31. The molecule has 0 saturated heterocycles. The third kappa shape index (κ3) is 3.73. The van der Waals surface area contributed by atoms with E-state index < -0.39 is 5.91 Å². The van der Waals surface area contributed by atoms with E-state index in [4.69, 9.17) is 4.52 Å². The largest absolute Gasteiger partial charge is 0.332 e. The normalized spacial score (nSPS) is 15.8. The van der Waals surface area contributed by atoms with Crippen LogP contribution in [0.2, 0.25) is 0 Å². The molecule has 0 unspecified atom stereocenters. The van der Waals surface area contributed by atoms with Gasteiger partial charge >= 0.3 is 0 Å². The predicted octanol–water partition coefficient (Wildman–Crippen LogP) is 2.05. The van der Waals surface area contributed by atoms with Gasteiger partial charge in [0.2, 0.25) is 23.5 Å². The molecule has 0 radical (unpaired) electrons. The molecule has 10 nitrogen and oxygen atoms in total. The van der Waals surface area contributed by atoms with Crippen molar-refractivity contribution in [2.45, 2.75) is 12.8 Å². The Morgan fingerprint density at radius 2 is 1.81 bits per heavy atom. The number of para-hydroxylation sites is 2. The summed E-state index contributed by atoms with van der Waals surface area (Å²) in [4.78, 5) is 43.2. The number of benzene rings is 2. The molecule has 0 aliphatic carbocycles. The number of amides is 3. The molecular formula is C22H18N6O4. The maximum Gasteiger partial charge on any atom is 0.274 e. The van der Waals surface area contributed by atoms with Crippen LogP contribution in [0.1, 0.15) is 18.7 Å². The van der Waals surface area contributed by atoms with Crippen LogP contribution in [-0.4, -0.2) is 51.7 Å². The van der Waals surface area contributed by atoms with Gasteiger partial charge in [0.1, 0.15) is 18.8 Å². The standard InChI is InChI=1S/C22H18N6O4/c29-18-12-27(17-9-5-4-8-15(17)23-18)20(31)13-28-19(30)11-10-16(25-28)22-24-21(26-32-22)14-6-2-1-3-7-14/h1-9H,10-13H2,(H,23,29). The maximum atomic E-state index is 13.0. The number of fused-ring (bicyclic) bond motifs is 1. The predicted molar refractivity (Wildman–Crippen MR) is 115 cm³/mol. The van der Waals surface area contributed by atoms with Crippen LogP contribution in [0.5, 0.6) is 0 Å². The number of hydrogen-bond donors (Lipinski definition) is 1. The minimum atomic E-state index is -0.416. The average molecular weight is 430 g/mol. The fourth-order valence-electron chi connectivity index (χ4n) is 3.59. The number of nitrogens with zero attached hydrogens (tertiary/aromatic N) is 5. The highest BCUT2D eigenvalue weighted by Gasteiger charge is 2.31. The molecule has 3 amide bonds. The first-order valence-corrected chi connectivity index (χ1v) is 10.0. The molecule has 2 aromatic carbocycles. The molecule has 1 aromatic heterocycles. The molecule has 2 aliphatic rings. The van der Waals surface area contributed by atoms with Gasteiger partial charge in [-0.3, -0.25) is 19.3 Å². The monoisotopic (exact) mass is 430 g/mol. The van der Waals surface area contributed by atoms with Crippen LogP contribution >= 0.6 is 0 Å². The van der Waals surface area contributed by atoms with E-state index in [0.29, 0.717) is 29.3 Å². The lowest BCUT2D eigenvalue weighted by molar-refractivity contribution is -0.135. The summed E-state index contributed by atoms with van der Waals surface area (Å²) in [5.74, 6) is -0.387. The second-order valence-corrected chi connectivity index (χ2v) is 7.33. The molecule has 160 valence electrons. The topological polar surface area (TPSA) is 121 Å². The third-order valence-corrected chi connectivity index (χ3v) is 5.17. The summed E-state index contributed by atoms with van der Waals surface area (Å²) in [7, 11) is 0. The van der Waals surface area contributed by atoms with Crippen LogP contribution in [0.15, 0.2) is 64.2 Å². The van der Waals surface area contributed by atoms with Gasteiger partial charge in [-0.05, 0) is 12.1 Å². The summed E-state index contributed by atoms with van der Waals surface area (Å²) in [6.07, 6.45) is 0.487. The van der Waals surface area contributed by atoms with E-state index in [2.05, 4.69) is 20.6 Å². The van der Waals surface area contributed by atoms with Crippen LogP contribution in [-0.2, 0) is 14.4 Å². The first-order chi connectivity index (χ1) is 15.6. The van der Waals surface area contributed by atoms with Gasteiger partial charge in [0, 0.05) is 18.4 Å². The zero-order valence-electron chi connectivity index (χ0n) is 16.9. The van der Waals surface area contributed by atoms with Crippen LogP contribution < -0.4 is 10.2 Å². The number of hydrazone groups is 1. The van der Waals surface area contributed by atoms with Crippen molar-refractivity contribution in [3.05, 3.63) is 60.5 Å². The Morgan fingerprint density at radius 1 is 1.03 bits per heavy atom. The number of carbonyl (C=O) groups excluding carboxylic acids is 3. The Kier molecular flexibility index (Phi) is 4.94. The van der Waals surface area contributed by atoms with E-state index in [1.165, 1.54) is 4.90 Å². The Labute approximate surface area is 182 Å². The van der Waals surface area contributed by atoms with Crippen LogP contribution in [0.4, 0.5) is 11.4 Å². The van der Waals surface area contributed by atoms with Crippen molar-refractivity contribution in [2.75, 3.05) is 23.3 Å². The number of carbonyl (C=O) groups is 3. The Morgan fingerprint density at radius 3 is 2.66 bits per heavy atom. The lowest BCUT2D eigenvalue weighted by Crippen LogP contribution is -2.47. The summed E-state index contributed by atoms with van der Waals surface area (Å²) in [5, 5.41) is 12.1. The summed E-state index contributed by atoms with van der Waals surface area (Å²) >= 11 is 0. The first-order valence-electron chi connectivity index (χ1n) is 10.0. The van der Waals surface area contributed by atoms with Crippen LogP contribution in [0.3, 0.4) is 0 Å². The Bertz CT molecular complexity index is 1240. The fraction of sp³-hybridized carbons (Fsp3) is 0.182. The molecule has 3 aromatic rings. The van der Waals surface area contributed by atoms with Gasteiger partial charge in [-0.25, -0.2) is 5.01 Å². The molecule has 2 aliphatic heterocycles. The molecule has 1 N–H and O–H groups in total. The molecule has 0 spiro atoms. The van der Waals surface area contributed by atoms with Crippen molar-refractivity contribution >= 4 is 34.8 Å². The van der Waals surface area contributed by atoms with Gasteiger partial charge in [0.25, 0.3) is 5.89 Å². The van der Waals surface area contributed by atoms with E-state index in [0.717, 1.165) is 10.6 Å². The van der Waals surface area contributed by atoms with E-state index in [9.17, 15) is 14.4 Å². The van der Waals surface area contributed by atoms with Gasteiger partial charge in [-0.15, -0.1) is 0 Å². The zero-order valence-corrected chi connectivity index (χ0v) is 16.9. The van der Waals surface area contributed by atoms with E-state index in [1.807, 2.05) is 30.3 Å². The molecule has 3 heterocycles. The molecule has 0 atom stereocenters. The maximum absolute atomic E-state index is 13.0. The molecule has 0 bridgehead atoms. The van der Waals surface area contributed by atoms with Crippen LogP contribution in [0, 0.1) is 0 Å². The lowest BCUT2D eigenvalue weighted by atomic mass is 10.1. The van der Waals surface area contributed by atoms with Gasteiger partial charge in [-0.2, -0.15) is 10.1 Å². The van der Waals surface area contributed by atoms with Gasteiger partial charge in [0.15, 0.2) is 0 Å². The second-order valence-electron chi connectivity index (χ2n) is 7.33. The van der Waals surface area contributed by atoms with Crippen molar-refractivity contribution < 1.29 is 18.9 Å². The van der Waals surface area contributed by atoms with Crippen molar-refractivity contribution in [2.24, 2.45) is 5.10 Å². The van der Waals surface area contributed by atoms with Crippen molar-refractivity contribution in [1.82, 2.24) is 15.1 Å². The molecule has 10 heteroatoms. The van der Waals surface area contributed by atoms with E-state index in [1.54, 1.807) is 24.3 Å². The molecule has 0 fully saturated rings. The van der Waals surface area contributed by atoms with E-state index in [-0.39, 0.29) is 37.2 Å².